The second-order valence-electron chi connectivity index (χ2n) is 5.41. The Balaban J connectivity index is 1.97. The Bertz CT molecular complexity index is 396. The predicted molar refractivity (Wildman–Crippen MR) is 75.9 cm³/mol. The van der Waals surface area contributed by atoms with Crippen LogP contribution in [0.3, 0.4) is 0 Å². The van der Waals surface area contributed by atoms with Gasteiger partial charge in [-0.1, -0.05) is 6.07 Å². The number of hydrogen-bond acceptors (Lipinski definition) is 3. The van der Waals surface area contributed by atoms with Crippen LogP contribution in [0.15, 0.2) is 17.5 Å². The SMILES string of the molecule is CC(Cc1cccs1)N(C)C(=O)C1(C)CCCN1. The monoisotopic (exact) mass is 266 g/mol. The molecular formula is C14H22N2OS. The van der Waals surface area contributed by atoms with Gasteiger partial charge >= 0.3 is 0 Å². The fraction of sp³-hybridized carbons (Fsp3) is 0.643. The zero-order valence-electron chi connectivity index (χ0n) is 11.4. The van der Waals surface area contributed by atoms with Crippen LogP contribution >= 0.6 is 11.3 Å². The van der Waals surface area contributed by atoms with Crippen LogP contribution in [0.1, 0.15) is 31.6 Å². The second kappa shape index (κ2) is 5.41. The Morgan fingerprint density at radius 2 is 2.44 bits per heavy atom. The molecule has 1 aromatic heterocycles. The molecular weight excluding hydrogens is 244 g/mol. The van der Waals surface area contributed by atoms with Crippen LogP contribution in [-0.4, -0.2) is 36.0 Å². The summed E-state index contributed by atoms with van der Waals surface area (Å²) in [6.45, 7) is 5.10. The molecule has 1 saturated heterocycles. The first-order valence-electron chi connectivity index (χ1n) is 6.57. The summed E-state index contributed by atoms with van der Waals surface area (Å²) in [6.07, 6.45) is 2.98. The number of likely N-dealkylation sites (N-methyl/N-ethyl adjacent to an activating group) is 1. The van der Waals surface area contributed by atoms with Crippen molar-refractivity contribution in [1.82, 2.24) is 10.2 Å². The highest BCUT2D eigenvalue weighted by Crippen LogP contribution is 2.22. The van der Waals surface area contributed by atoms with Gasteiger partial charge in [-0.3, -0.25) is 4.79 Å². The van der Waals surface area contributed by atoms with Crippen LogP contribution in [0.2, 0.25) is 0 Å². The van der Waals surface area contributed by atoms with E-state index in [1.807, 2.05) is 18.9 Å². The molecule has 0 radical (unpaired) electrons. The quantitative estimate of drug-likeness (QED) is 0.907. The number of nitrogens with zero attached hydrogens (tertiary/aromatic N) is 1. The molecule has 1 N–H and O–H groups in total. The summed E-state index contributed by atoms with van der Waals surface area (Å²) in [5.74, 6) is 0.226. The summed E-state index contributed by atoms with van der Waals surface area (Å²) >= 11 is 1.76. The van der Waals surface area contributed by atoms with Crippen LogP contribution < -0.4 is 5.32 Å². The van der Waals surface area contributed by atoms with Gasteiger partial charge in [0.1, 0.15) is 0 Å². The number of amides is 1. The van der Waals surface area contributed by atoms with Gasteiger partial charge in [0.05, 0.1) is 5.54 Å². The van der Waals surface area contributed by atoms with E-state index >= 15 is 0 Å². The average Bonchev–Trinajstić information content (AvgIpc) is 2.99. The normalized spacial score (nSPS) is 25.1. The van der Waals surface area contributed by atoms with Crippen molar-refractivity contribution in [3.8, 4) is 0 Å². The van der Waals surface area contributed by atoms with E-state index in [2.05, 4.69) is 29.8 Å². The third kappa shape index (κ3) is 2.75. The van der Waals surface area contributed by atoms with Gasteiger partial charge in [0.25, 0.3) is 0 Å². The lowest BCUT2D eigenvalue weighted by Crippen LogP contribution is -2.54. The van der Waals surface area contributed by atoms with Gasteiger partial charge in [0, 0.05) is 24.4 Å². The third-order valence-electron chi connectivity index (χ3n) is 3.90. The first kappa shape index (κ1) is 13.6. The number of thiophene rings is 1. The maximum Gasteiger partial charge on any atom is 0.242 e. The fourth-order valence-electron chi connectivity index (χ4n) is 2.52. The van der Waals surface area contributed by atoms with Crippen LogP contribution in [0, 0.1) is 0 Å². The highest BCUT2D eigenvalue weighted by Gasteiger charge is 2.38. The molecule has 1 aliphatic heterocycles. The Morgan fingerprint density at radius 1 is 1.67 bits per heavy atom. The van der Waals surface area contributed by atoms with E-state index in [0.29, 0.717) is 0 Å². The van der Waals surface area contributed by atoms with Gasteiger partial charge < -0.3 is 10.2 Å². The zero-order chi connectivity index (χ0) is 13.2. The van der Waals surface area contributed by atoms with Gasteiger partial charge in [-0.2, -0.15) is 0 Å². The van der Waals surface area contributed by atoms with Crippen molar-refractivity contribution in [2.45, 2.75) is 44.7 Å². The van der Waals surface area contributed by atoms with Gasteiger partial charge in [0.2, 0.25) is 5.91 Å². The third-order valence-corrected chi connectivity index (χ3v) is 4.80. The van der Waals surface area contributed by atoms with Crippen LogP contribution in [-0.2, 0) is 11.2 Å². The lowest BCUT2D eigenvalue weighted by molar-refractivity contribution is -0.137. The molecule has 2 unspecified atom stereocenters. The van der Waals surface area contributed by atoms with E-state index in [-0.39, 0.29) is 17.5 Å². The van der Waals surface area contributed by atoms with E-state index in [4.69, 9.17) is 0 Å². The number of carbonyl (C=O) groups excluding carboxylic acids is 1. The molecule has 0 spiro atoms. The van der Waals surface area contributed by atoms with E-state index < -0.39 is 0 Å². The molecule has 3 nitrogen and oxygen atoms in total. The molecule has 1 aromatic rings. The topological polar surface area (TPSA) is 32.3 Å². The lowest BCUT2D eigenvalue weighted by atomic mass is 9.97. The summed E-state index contributed by atoms with van der Waals surface area (Å²) in [6, 6.07) is 4.44. The van der Waals surface area contributed by atoms with Crippen molar-refractivity contribution in [1.29, 1.82) is 0 Å². The summed E-state index contributed by atoms with van der Waals surface area (Å²) in [5.41, 5.74) is -0.349. The van der Waals surface area contributed by atoms with Crippen LogP contribution in [0.5, 0.6) is 0 Å². The van der Waals surface area contributed by atoms with E-state index in [1.165, 1.54) is 4.88 Å². The minimum Gasteiger partial charge on any atom is -0.341 e. The zero-order valence-corrected chi connectivity index (χ0v) is 12.2. The van der Waals surface area contributed by atoms with Crippen molar-refractivity contribution in [3.05, 3.63) is 22.4 Å². The van der Waals surface area contributed by atoms with Gasteiger partial charge in [-0.25, -0.2) is 0 Å². The molecule has 2 atom stereocenters. The molecule has 0 aromatic carbocycles. The minimum absolute atomic E-state index is 0.226. The maximum atomic E-state index is 12.5. The van der Waals surface area contributed by atoms with Crippen molar-refractivity contribution >= 4 is 17.2 Å². The summed E-state index contributed by atoms with van der Waals surface area (Å²) in [5, 5.41) is 5.43. The summed E-state index contributed by atoms with van der Waals surface area (Å²) in [4.78, 5) is 15.7. The Labute approximate surface area is 113 Å². The molecule has 18 heavy (non-hydrogen) atoms. The van der Waals surface area contributed by atoms with Crippen molar-refractivity contribution < 1.29 is 4.79 Å². The highest BCUT2D eigenvalue weighted by molar-refractivity contribution is 7.09. The van der Waals surface area contributed by atoms with E-state index in [9.17, 15) is 4.79 Å². The molecule has 4 heteroatoms. The molecule has 0 aliphatic carbocycles. The lowest BCUT2D eigenvalue weighted by Gasteiger charge is -2.33. The smallest absolute Gasteiger partial charge is 0.242 e. The van der Waals surface area contributed by atoms with Gasteiger partial charge in [-0.15, -0.1) is 11.3 Å². The van der Waals surface area contributed by atoms with Crippen LogP contribution in [0.4, 0.5) is 0 Å². The Morgan fingerprint density at radius 3 is 3.00 bits per heavy atom. The Kier molecular flexibility index (Phi) is 4.07. The molecule has 2 heterocycles. The van der Waals surface area contributed by atoms with Gasteiger partial charge in [0.15, 0.2) is 0 Å². The highest BCUT2D eigenvalue weighted by atomic mass is 32.1. The van der Waals surface area contributed by atoms with Crippen molar-refractivity contribution in [3.63, 3.8) is 0 Å². The van der Waals surface area contributed by atoms with Crippen molar-refractivity contribution in [2.24, 2.45) is 0 Å². The van der Waals surface area contributed by atoms with E-state index in [0.717, 1.165) is 25.8 Å². The predicted octanol–water partition coefficient (Wildman–Crippen LogP) is 2.28. The molecule has 1 fully saturated rings. The number of rotatable bonds is 4. The standard InChI is InChI=1S/C14H22N2OS/c1-11(10-12-6-4-9-18-12)16(3)13(17)14(2)7-5-8-15-14/h4,6,9,11,15H,5,7-8,10H2,1-3H3. The van der Waals surface area contributed by atoms with Crippen molar-refractivity contribution in [2.75, 3.05) is 13.6 Å². The second-order valence-corrected chi connectivity index (χ2v) is 6.44. The summed E-state index contributed by atoms with van der Waals surface area (Å²) < 4.78 is 0. The molecule has 1 aliphatic rings. The molecule has 0 saturated carbocycles. The maximum absolute atomic E-state index is 12.5. The minimum atomic E-state index is -0.349. The number of hydrogen-bond donors (Lipinski definition) is 1. The molecule has 2 rings (SSSR count). The van der Waals surface area contributed by atoms with Gasteiger partial charge in [-0.05, 0) is 44.7 Å². The fourth-order valence-corrected chi connectivity index (χ4v) is 3.35. The molecule has 100 valence electrons. The largest absolute Gasteiger partial charge is 0.341 e. The first-order valence-corrected chi connectivity index (χ1v) is 7.45. The molecule has 0 bridgehead atoms. The number of carbonyl (C=O) groups is 1. The Hall–Kier alpha value is -0.870. The van der Waals surface area contributed by atoms with Crippen LogP contribution in [0.25, 0.3) is 0 Å². The summed E-state index contributed by atoms with van der Waals surface area (Å²) in [7, 11) is 1.92. The van der Waals surface area contributed by atoms with E-state index in [1.54, 1.807) is 11.3 Å². The number of nitrogens with one attached hydrogen (secondary N) is 1. The first-order chi connectivity index (χ1) is 8.53. The average molecular weight is 266 g/mol. The molecule has 1 amide bonds.